The zero-order valence-corrected chi connectivity index (χ0v) is 23.2. The lowest BCUT2D eigenvalue weighted by atomic mass is 9.92. The fourth-order valence-electron chi connectivity index (χ4n) is 5.73. The molecule has 0 fully saturated rings. The molecule has 1 amide bonds. The lowest BCUT2D eigenvalue weighted by Crippen LogP contribution is -2.28. The molecule has 2 aromatic heterocycles. The third-order valence-electron chi connectivity index (χ3n) is 7.58. The fourth-order valence-corrected chi connectivity index (χ4v) is 5.85. The summed E-state index contributed by atoms with van der Waals surface area (Å²) >= 11 is 6.26. The summed E-state index contributed by atoms with van der Waals surface area (Å²) in [5.74, 6) is 0.623. The van der Waals surface area contributed by atoms with Crippen LogP contribution in [-0.4, -0.2) is 27.8 Å². The number of fused-ring (bicyclic) bond motifs is 3. The number of anilines is 1. The van der Waals surface area contributed by atoms with Crippen molar-refractivity contribution in [3.63, 3.8) is 0 Å². The Kier molecular flexibility index (Phi) is 6.06. The molecule has 0 radical (unpaired) electrons. The number of carbonyl (C=O) groups excluding carboxylic acids is 1. The van der Waals surface area contributed by atoms with Gasteiger partial charge >= 0.3 is 0 Å². The van der Waals surface area contributed by atoms with Crippen LogP contribution in [0.1, 0.15) is 33.2 Å². The molecule has 4 aromatic carbocycles. The summed E-state index contributed by atoms with van der Waals surface area (Å²) in [7, 11) is 1.64. The fraction of sp³-hybridized carbons (Fsp3) is 0.0882. The van der Waals surface area contributed by atoms with Gasteiger partial charge < -0.3 is 4.74 Å². The topological polar surface area (TPSA) is 60.3 Å². The van der Waals surface area contributed by atoms with Crippen LogP contribution >= 0.6 is 11.6 Å². The Balaban J connectivity index is 1.59. The third kappa shape index (κ3) is 4.07. The smallest absolute Gasteiger partial charge is 0.261 e. The minimum absolute atomic E-state index is 0.122. The molecule has 1 atom stereocenters. The molecular formula is C34H25ClN4O2. The van der Waals surface area contributed by atoms with E-state index in [9.17, 15) is 4.79 Å². The predicted molar refractivity (Wildman–Crippen MR) is 162 cm³/mol. The highest BCUT2D eigenvalue weighted by molar-refractivity contribution is 6.30. The number of para-hydroxylation sites is 1. The summed E-state index contributed by atoms with van der Waals surface area (Å²) in [5.41, 5.74) is 7.06. The molecule has 6 aromatic rings. The molecule has 41 heavy (non-hydrogen) atoms. The number of halogens is 1. The molecule has 0 saturated carbocycles. The molecule has 7 heteroatoms. The van der Waals surface area contributed by atoms with Gasteiger partial charge in [0.25, 0.3) is 5.91 Å². The average molecular weight is 557 g/mol. The number of carbonyl (C=O) groups is 1. The van der Waals surface area contributed by atoms with Crippen molar-refractivity contribution in [1.82, 2.24) is 14.8 Å². The summed E-state index contributed by atoms with van der Waals surface area (Å²) in [4.78, 5) is 21.6. The van der Waals surface area contributed by atoms with Crippen LogP contribution in [0, 0.1) is 6.92 Å². The molecule has 1 aliphatic rings. The second kappa shape index (κ2) is 9.91. The number of hydrogen-bond donors (Lipinski definition) is 0. The van der Waals surface area contributed by atoms with E-state index in [2.05, 4.69) is 0 Å². The highest BCUT2D eigenvalue weighted by atomic mass is 35.5. The highest BCUT2D eigenvalue weighted by Crippen LogP contribution is 2.48. The monoisotopic (exact) mass is 556 g/mol. The number of ether oxygens (including phenoxy) is 1. The average Bonchev–Trinajstić information content (AvgIpc) is 3.52. The van der Waals surface area contributed by atoms with Gasteiger partial charge in [0.05, 0.1) is 35.8 Å². The van der Waals surface area contributed by atoms with Gasteiger partial charge in [0, 0.05) is 27.2 Å². The normalized spacial score (nSPS) is 14.5. The molecule has 6 nitrogen and oxygen atoms in total. The van der Waals surface area contributed by atoms with E-state index in [1.54, 1.807) is 7.11 Å². The van der Waals surface area contributed by atoms with E-state index in [4.69, 9.17) is 26.4 Å². The SMILES string of the molecule is COc1ccc(C2c3c(c(-c4ccccc4)nc4c3c(C)nn4-c3ccccc3)C(=O)N2c2ccc(Cl)cc2)cc1. The number of aromatic nitrogens is 3. The largest absolute Gasteiger partial charge is 0.497 e. The standard InChI is InChI=1S/C34H25ClN4O2/c1-21-28-29-30(31(22-9-5-3-6-10-22)36-33(28)39(37-21)26-11-7-4-8-12-26)34(40)38(25-17-15-24(35)16-18-25)32(29)23-13-19-27(41-2)20-14-23/h3-20,32H,1-2H3. The predicted octanol–water partition coefficient (Wildman–Crippen LogP) is 7.81. The molecule has 0 aliphatic carbocycles. The Labute approximate surface area is 242 Å². The highest BCUT2D eigenvalue weighted by Gasteiger charge is 2.44. The van der Waals surface area contributed by atoms with Crippen LogP contribution in [0.4, 0.5) is 5.69 Å². The minimum atomic E-state index is -0.426. The lowest BCUT2D eigenvalue weighted by molar-refractivity contribution is 0.0994. The second-order valence-electron chi connectivity index (χ2n) is 9.97. The number of hydrogen-bond acceptors (Lipinski definition) is 4. The van der Waals surface area contributed by atoms with Gasteiger partial charge in [0.15, 0.2) is 5.65 Å². The zero-order valence-electron chi connectivity index (χ0n) is 22.5. The number of nitrogens with zero attached hydrogens (tertiary/aromatic N) is 4. The summed E-state index contributed by atoms with van der Waals surface area (Å²) in [6.45, 7) is 1.98. The van der Waals surface area contributed by atoms with Crippen molar-refractivity contribution < 1.29 is 9.53 Å². The zero-order chi connectivity index (χ0) is 28.1. The van der Waals surface area contributed by atoms with Gasteiger partial charge in [0.2, 0.25) is 0 Å². The molecule has 1 unspecified atom stereocenters. The quantitative estimate of drug-likeness (QED) is 0.217. The molecule has 0 saturated heterocycles. The van der Waals surface area contributed by atoms with Crippen molar-refractivity contribution in [1.29, 1.82) is 0 Å². The summed E-state index contributed by atoms with van der Waals surface area (Å²) < 4.78 is 7.32. The first-order chi connectivity index (χ1) is 20.0. The van der Waals surface area contributed by atoms with Crippen molar-refractivity contribution in [2.75, 3.05) is 12.0 Å². The molecule has 200 valence electrons. The summed E-state index contributed by atoms with van der Waals surface area (Å²) in [5, 5.41) is 6.42. The Morgan fingerprint density at radius 3 is 2.12 bits per heavy atom. The van der Waals surface area contributed by atoms with E-state index in [0.29, 0.717) is 21.9 Å². The minimum Gasteiger partial charge on any atom is -0.497 e. The van der Waals surface area contributed by atoms with Gasteiger partial charge in [0.1, 0.15) is 5.75 Å². The molecule has 0 N–H and O–H groups in total. The molecule has 3 heterocycles. The van der Waals surface area contributed by atoms with Gasteiger partial charge in [-0.3, -0.25) is 9.69 Å². The molecule has 7 rings (SSSR count). The van der Waals surface area contributed by atoms with Crippen LogP contribution in [0.2, 0.25) is 5.02 Å². The Morgan fingerprint density at radius 2 is 1.46 bits per heavy atom. The third-order valence-corrected chi connectivity index (χ3v) is 7.83. The first-order valence-corrected chi connectivity index (χ1v) is 13.7. The number of methoxy groups -OCH3 is 1. The van der Waals surface area contributed by atoms with Crippen molar-refractivity contribution in [2.24, 2.45) is 0 Å². The van der Waals surface area contributed by atoms with Crippen LogP contribution < -0.4 is 9.64 Å². The van der Waals surface area contributed by atoms with Crippen molar-refractivity contribution in [3.05, 3.63) is 137 Å². The van der Waals surface area contributed by atoms with E-state index in [1.807, 2.05) is 126 Å². The first kappa shape index (κ1) is 25.1. The van der Waals surface area contributed by atoms with E-state index >= 15 is 0 Å². The Hall–Kier alpha value is -4.94. The maximum Gasteiger partial charge on any atom is 0.261 e. The van der Waals surface area contributed by atoms with E-state index in [-0.39, 0.29) is 5.91 Å². The van der Waals surface area contributed by atoms with Gasteiger partial charge in [-0.15, -0.1) is 0 Å². The van der Waals surface area contributed by atoms with Crippen molar-refractivity contribution >= 4 is 34.2 Å². The van der Waals surface area contributed by atoms with Crippen LogP contribution in [0.15, 0.2) is 109 Å². The molecule has 1 aliphatic heterocycles. The second-order valence-corrected chi connectivity index (χ2v) is 10.4. The van der Waals surface area contributed by atoms with Gasteiger partial charge in [-0.05, 0) is 61.0 Å². The van der Waals surface area contributed by atoms with E-state index < -0.39 is 6.04 Å². The molecular weight excluding hydrogens is 532 g/mol. The van der Waals surface area contributed by atoms with E-state index in [1.165, 1.54) is 0 Å². The number of pyridine rings is 1. The van der Waals surface area contributed by atoms with Gasteiger partial charge in [-0.25, -0.2) is 9.67 Å². The van der Waals surface area contributed by atoms with Crippen LogP contribution in [0.25, 0.3) is 28.0 Å². The Bertz CT molecular complexity index is 1900. The van der Waals surface area contributed by atoms with Crippen LogP contribution in [0.5, 0.6) is 5.75 Å². The van der Waals surface area contributed by atoms with E-state index in [0.717, 1.165) is 44.9 Å². The first-order valence-electron chi connectivity index (χ1n) is 13.3. The Morgan fingerprint density at radius 1 is 0.805 bits per heavy atom. The number of rotatable bonds is 5. The summed E-state index contributed by atoms with van der Waals surface area (Å²) in [6, 6.07) is 34.7. The van der Waals surface area contributed by atoms with Crippen molar-refractivity contribution in [3.8, 4) is 22.7 Å². The van der Waals surface area contributed by atoms with Crippen molar-refractivity contribution in [2.45, 2.75) is 13.0 Å². The summed E-state index contributed by atoms with van der Waals surface area (Å²) in [6.07, 6.45) is 0. The van der Waals surface area contributed by atoms with Crippen LogP contribution in [-0.2, 0) is 0 Å². The van der Waals surface area contributed by atoms with Gasteiger partial charge in [-0.2, -0.15) is 5.10 Å². The maximum absolute atomic E-state index is 14.6. The maximum atomic E-state index is 14.6. The molecule has 0 spiro atoms. The number of aryl methyl sites for hydroxylation is 1. The van der Waals surface area contributed by atoms with Crippen LogP contribution in [0.3, 0.4) is 0 Å². The number of benzene rings is 4. The lowest BCUT2D eigenvalue weighted by Gasteiger charge is -2.26. The number of amides is 1. The van der Waals surface area contributed by atoms with Gasteiger partial charge in [-0.1, -0.05) is 72.3 Å². The molecule has 0 bridgehead atoms.